The van der Waals surface area contributed by atoms with Crippen LogP contribution in [-0.4, -0.2) is 35.0 Å². The zero-order valence-corrected chi connectivity index (χ0v) is 15.8. The van der Waals surface area contributed by atoms with Crippen molar-refractivity contribution in [3.8, 4) is 0 Å². The van der Waals surface area contributed by atoms with E-state index in [0.29, 0.717) is 34.2 Å². The molecule has 0 aliphatic carbocycles. The first-order valence-electron chi connectivity index (χ1n) is 8.27. The lowest BCUT2D eigenvalue weighted by molar-refractivity contribution is 0.0652. The second kappa shape index (κ2) is 7.89. The average Bonchev–Trinajstić information content (AvgIpc) is 3.16. The van der Waals surface area contributed by atoms with Gasteiger partial charge in [-0.1, -0.05) is 17.7 Å². The summed E-state index contributed by atoms with van der Waals surface area (Å²) in [5.41, 5.74) is 6.08. The number of unbranched alkanes of at least 4 members (excludes halogenated alkanes) is 1. The SMILES string of the molecule is N=C(N)CCCCN1C(=O)c2cccc(NC(=O)c3ccc(Cl)s3)c2C1=O. The van der Waals surface area contributed by atoms with E-state index in [9.17, 15) is 14.4 Å². The number of amides is 3. The zero-order chi connectivity index (χ0) is 19.6. The average molecular weight is 405 g/mol. The molecule has 0 radical (unpaired) electrons. The molecule has 0 atom stereocenters. The van der Waals surface area contributed by atoms with Crippen molar-refractivity contribution >= 4 is 52.2 Å². The molecule has 27 heavy (non-hydrogen) atoms. The Kier molecular flexibility index (Phi) is 5.57. The number of amidine groups is 1. The van der Waals surface area contributed by atoms with E-state index in [4.69, 9.17) is 22.7 Å². The van der Waals surface area contributed by atoms with Crippen LogP contribution in [0.15, 0.2) is 30.3 Å². The number of nitrogens with one attached hydrogen (secondary N) is 2. The van der Waals surface area contributed by atoms with E-state index in [0.717, 1.165) is 11.3 Å². The molecule has 2 heterocycles. The van der Waals surface area contributed by atoms with Crippen molar-refractivity contribution in [3.05, 3.63) is 50.7 Å². The van der Waals surface area contributed by atoms with E-state index in [1.54, 1.807) is 30.3 Å². The number of hydrogen-bond acceptors (Lipinski definition) is 5. The maximum atomic E-state index is 12.7. The highest BCUT2D eigenvalue weighted by molar-refractivity contribution is 7.18. The van der Waals surface area contributed by atoms with Gasteiger partial charge >= 0.3 is 0 Å². The summed E-state index contributed by atoms with van der Waals surface area (Å²) in [6, 6.07) is 8.01. The summed E-state index contributed by atoms with van der Waals surface area (Å²) in [6.45, 7) is 0.244. The van der Waals surface area contributed by atoms with Gasteiger partial charge in [0.2, 0.25) is 0 Å². The van der Waals surface area contributed by atoms with Crippen molar-refractivity contribution in [3.63, 3.8) is 0 Å². The fourth-order valence-electron chi connectivity index (χ4n) is 2.85. The number of thiophene rings is 1. The molecule has 9 heteroatoms. The molecule has 1 aromatic heterocycles. The van der Waals surface area contributed by atoms with Crippen LogP contribution in [0.1, 0.15) is 49.7 Å². The number of nitrogens with zero attached hydrogens (tertiary/aromatic N) is 1. The van der Waals surface area contributed by atoms with Gasteiger partial charge in [0.15, 0.2) is 0 Å². The molecule has 0 bridgehead atoms. The molecule has 0 unspecified atom stereocenters. The van der Waals surface area contributed by atoms with Gasteiger partial charge in [0.1, 0.15) is 0 Å². The van der Waals surface area contributed by atoms with Crippen molar-refractivity contribution in [2.75, 3.05) is 11.9 Å². The summed E-state index contributed by atoms with van der Waals surface area (Å²) in [5, 5.41) is 9.91. The Labute approximate surface area is 164 Å². The Hall–Kier alpha value is -2.71. The number of hydrogen-bond donors (Lipinski definition) is 3. The molecule has 140 valence electrons. The fourth-order valence-corrected chi connectivity index (χ4v) is 3.78. The third-order valence-corrected chi connectivity index (χ3v) is 5.35. The lowest BCUT2D eigenvalue weighted by Crippen LogP contribution is -2.31. The maximum Gasteiger partial charge on any atom is 0.265 e. The van der Waals surface area contributed by atoms with Crippen molar-refractivity contribution in [2.24, 2.45) is 5.73 Å². The number of anilines is 1. The molecule has 0 saturated carbocycles. The molecular weight excluding hydrogens is 388 g/mol. The lowest BCUT2D eigenvalue weighted by atomic mass is 10.1. The lowest BCUT2D eigenvalue weighted by Gasteiger charge is -2.13. The van der Waals surface area contributed by atoms with Gasteiger partial charge in [0.25, 0.3) is 17.7 Å². The van der Waals surface area contributed by atoms with Crippen LogP contribution in [-0.2, 0) is 0 Å². The van der Waals surface area contributed by atoms with Gasteiger partial charge in [0, 0.05) is 13.0 Å². The third kappa shape index (κ3) is 4.01. The zero-order valence-electron chi connectivity index (χ0n) is 14.3. The van der Waals surface area contributed by atoms with Crippen molar-refractivity contribution in [1.82, 2.24) is 4.90 Å². The highest BCUT2D eigenvalue weighted by Crippen LogP contribution is 2.30. The molecule has 1 aromatic carbocycles. The van der Waals surface area contributed by atoms with Gasteiger partial charge in [-0.2, -0.15) is 0 Å². The summed E-state index contributed by atoms with van der Waals surface area (Å²) in [4.78, 5) is 39.3. The molecule has 3 amide bonds. The number of halogens is 1. The predicted octanol–water partition coefficient (Wildman–Crippen LogP) is 3.36. The van der Waals surface area contributed by atoms with Crippen LogP contribution < -0.4 is 11.1 Å². The van der Waals surface area contributed by atoms with Gasteiger partial charge in [-0.3, -0.25) is 24.7 Å². The summed E-state index contributed by atoms with van der Waals surface area (Å²) in [6.07, 6.45) is 1.60. The van der Waals surface area contributed by atoms with Gasteiger partial charge in [-0.05, 0) is 37.1 Å². The van der Waals surface area contributed by atoms with Crippen LogP contribution in [0.2, 0.25) is 4.34 Å². The molecular formula is C18H17ClN4O3S. The smallest absolute Gasteiger partial charge is 0.265 e. The molecule has 0 saturated heterocycles. The number of benzene rings is 1. The van der Waals surface area contributed by atoms with Crippen LogP contribution in [0.5, 0.6) is 0 Å². The second-order valence-electron chi connectivity index (χ2n) is 6.03. The highest BCUT2D eigenvalue weighted by atomic mass is 35.5. The third-order valence-electron chi connectivity index (χ3n) is 4.12. The molecule has 0 fully saturated rings. The minimum atomic E-state index is -0.432. The van der Waals surface area contributed by atoms with Gasteiger partial charge < -0.3 is 11.1 Å². The summed E-state index contributed by atoms with van der Waals surface area (Å²) in [5.74, 6) is -1.12. The summed E-state index contributed by atoms with van der Waals surface area (Å²) < 4.78 is 0.487. The second-order valence-corrected chi connectivity index (χ2v) is 7.75. The van der Waals surface area contributed by atoms with Crippen LogP contribution >= 0.6 is 22.9 Å². The van der Waals surface area contributed by atoms with E-state index < -0.39 is 5.91 Å². The molecule has 1 aliphatic rings. The number of rotatable bonds is 7. The Morgan fingerprint density at radius 2 is 1.96 bits per heavy atom. The molecule has 1 aliphatic heterocycles. The van der Waals surface area contributed by atoms with Crippen molar-refractivity contribution in [1.29, 1.82) is 5.41 Å². The van der Waals surface area contributed by atoms with Crippen LogP contribution in [0.25, 0.3) is 0 Å². The summed E-state index contributed by atoms with van der Waals surface area (Å²) in [7, 11) is 0. The summed E-state index contributed by atoms with van der Waals surface area (Å²) >= 11 is 6.98. The van der Waals surface area contributed by atoms with E-state index >= 15 is 0 Å². The van der Waals surface area contributed by atoms with Crippen LogP contribution in [0.4, 0.5) is 5.69 Å². The Bertz CT molecular complexity index is 940. The van der Waals surface area contributed by atoms with Crippen molar-refractivity contribution in [2.45, 2.75) is 19.3 Å². The van der Waals surface area contributed by atoms with Gasteiger partial charge in [-0.15, -0.1) is 11.3 Å². The van der Waals surface area contributed by atoms with Crippen molar-refractivity contribution < 1.29 is 14.4 Å². The van der Waals surface area contributed by atoms with E-state index in [1.807, 2.05) is 0 Å². The minimum absolute atomic E-state index is 0.0797. The number of carbonyl (C=O) groups is 3. The molecule has 4 N–H and O–H groups in total. The number of nitrogens with two attached hydrogens (primary N) is 1. The maximum absolute atomic E-state index is 12.7. The van der Waals surface area contributed by atoms with Crippen LogP contribution in [0.3, 0.4) is 0 Å². The monoisotopic (exact) mass is 404 g/mol. The van der Waals surface area contributed by atoms with E-state index in [2.05, 4.69) is 5.32 Å². The van der Waals surface area contributed by atoms with Gasteiger partial charge in [-0.25, -0.2) is 0 Å². The number of fused-ring (bicyclic) bond motifs is 1. The standard InChI is InChI=1S/C18H17ClN4O3S/c19-13-8-7-12(27-13)16(24)22-11-5-3-4-10-15(11)18(26)23(17(10)25)9-2-1-6-14(20)21/h3-5,7-8H,1-2,6,9H2,(H3,20,21)(H,22,24). The van der Waals surface area contributed by atoms with E-state index in [1.165, 1.54) is 4.90 Å². The largest absolute Gasteiger partial charge is 0.388 e. The Balaban J connectivity index is 1.77. The number of carbonyl (C=O) groups excluding carboxylic acids is 3. The molecule has 0 spiro atoms. The molecule has 2 aromatic rings. The molecule has 7 nitrogen and oxygen atoms in total. The quantitative estimate of drug-likeness (QED) is 0.284. The molecule has 3 rings (SSSR count). The fraction of sp³-hybridized carbons (Fsp3) is 0.222. The topological polar surface area (TPSA) is 116 Å². The minimum Gasteiger partial charge on any atom is -0.388 e. The highest BCUT2D eigenvalue weighted by Gasteiger charge is 2.37. The van der Waals surface area contributed by atoms with Gasteiger partial charge in [0.05, 0.1) is 31.9 Å². The number of imide groups is 1. The van der Waals surface area contributed by atoms with E-state index in [-0.39, 0.29) is 35.3 Å². The first-order valence-corrected chi connectivity index (χ1v) is 9.46. The predicted molar refractivity (Wildman–Crippen MR) is 105 cm³/mol. The first-order chi connectivity index (χ1) is 12.9. The Morgan fingerprint density at radius 3 is 2.63 bits per heavy atom. The normalized spacial score (nSPS) is 13.0. The van der Waals surface area contributed by atoms with Crippen LogP contribution in [0, 0.1) is 5.41 Å². The Morgan fingerprint density at radius 1 is 1.19 bits per heavy atom. The first kappa shape index (κ1) is 19.1.